The van der Waals surface area contributed by atoms with Gasteiger partial charge in [-0.05, 0) is 118 Å². The van der Waals surface area contributed by atoms with E-state index in [4.69, 9.17) is 13.1 Å². The first-order chi connectivity index (χ1) is 32.5. The summed E-state index contributed by atoms with van der Waals surface area (Å²) in [5.41, 5.74) is 14.3. The molecule has 0 fully saturated rings. The molecule has 7 rings (SSSR count). The van der Waals surface area contributed by atoms with E-state index < -0.39 is 11.9 Å². The van der Waals surface area contributed by atoms with Gasteiger partial charge in [-0.25, -0.2) is 9.69 Å². The molecule has 0 aliphatic carbocycles. The number of hydrogen-bond acceptors (Lipinski definition) is 3. The van der Waals surface area contributed by atoms with Crippen LogP contribution < -0.4 is 4.90 Å². The Morgan fingerprint density at radius 3 is 1.00 bits per heavy atom. The van der Waals surface area contributed by atoms with Crippen LogP contribution in [0.4, 0.5) is 17.1 Å². The highest BCUT2D eigenvalue weighted by molar-refractivity contribution is 5.95. The number of carboxylic acids is 2. The molecule has 0 aliphatic heterocycles. The van der Waals surface area contributed by atoms with Crippen LogP contribution in [0, 0.1) is 27.0 Å². The Morgan fingerprint density at radius 1 is 0.418 bits per heavy atom. The zero-order valence-corrected chi connectivity index (χ0v) is 36.9. The van der Waals surface area contributed by atoms with Gasteiger partial charge in [0.15, 0.2) is 0 Å². The molecule has 0 aromatic heterocycles. The molecule has 7 aromatic carbocycles. The van der Waals surface area contributed by atoms with E-state index >= 15 is 0 Å². The van der Waals surface area contributed by atoms with Gasteiger partial charge in [0.25, 0.3) is 11.4 Å². The van der Waals surface area contributed by atoms with Crippen molar-refractivity contribution in [3.05, 3.63) is 277 Å². The number of hydrogen-bond donors (Lipinski definition) is 2. The van der Waals surface area contributed by atoms with Crippen molar-refractivity contribution in [2.24, 2.45) is 0 Å². The average molecular weight is 872 g/mol. The Bertz CT molecular complexity index is 2950. The van der Waals surface area contributed by atoms with Crippen LogP contribution in [-0.4, -0.2) is 22.2 Å². The van der Waals surface area contributed by atoms with Crippen LogP contribution in [0.25, 0.3) is 57.8 Å². The molecule has 324 valence electrons. The Balaban J connectivity index is 1.14. The fraction of sp³-hybridized carbons (Fsp3) is 0.0333. The first-order valence-electron chi connectivity index (χ1n) is 21.4. The van der Waals surface area contributed by atoms with Gasteiger partial charge >= 0.3 is 11.9 Å². The molecule has 0 bridgehead atoms. The molecule has 7 heteroatoms. The molecule has 0 radical (unpaired) electrons. The highest BCUT2D eigenvalue weighted by Crippen LogP contribution is 2.35. The van der Waals surface area contributed by atoms with Gasteiger partial charge in [0, 0.05) is 17.1 Å². The fourth-order valence-corrected chi connectivity index (χ4v) is 7.12. The van der Waals surface area contributed by atoms with E-state index in [1.807, 2.05) is 48.6 Å². The molecule has 0 saturated carbocycles. The minimum absolute atomic E-state index is 0.334. The maximum absolute atomic E-state index is 11.3. The zero-order chi connectivity index (χ0) is 47.1. The molecular formula is C60H45N3O4. The molecule has 0 heterocycles. The summed E-state index contributed by atoms with van der Waals surface area (Å²) in [5, 5.41) is 18.4. The Labute approximate surface area is 391 Å². The van der Waals surface area contributed by atoms with Crippen molar-refractivity contribution in [1.29, 1.82) is 0 Å². The smallest absolute Gasteiger partial charge is 0.333 e. The van der Waals surface area contributed by atoms with Crippen LogP contribution in [-0.2, 0) is 9.59 Å². The summed E-state index contributed by atoms with van der Waals surface area (Å²) in [4.78, 5) is 30.9. The van der Waals surface area contributed by atoms with Gasteiger partial charge in [0.1, 0.15) is 0 Å². The lowest BCUT2D eigenvalue weighted by molar-refractivity contribution is -0.133. The van der Waals surface area contributed by atoms with Crippen molar-refractivity contribution < 1.29 is 19.8 Å². The van der Waals surface area contributed by atoms with E-state index in [2.05, 4.69) is 168 Å². The number of rotatable bonds is 15. The number of benzene rings is 7. The summed E-state index contributed by atoms with van der Waals surface area (Å²) in [6, 6.07) is 57.0. The number of anilines is 3. The summed E-state index contributed by atoms with van der Waals surface area (Å²) in [6.45, 7) is 18.4. The minimum atomic E-state index is -1.25. The van der Waals surface area contributed by atoms with E-state index in [-0.39, 0.29) is 11.4 Å². The van der Waals surface area contributed by atoms with Gasteiger partial charge in [-0.1, -0.05) is 187 Å². The molecular weight excluding hydrogens is 827 g/mol. The summed E-state index contributed by atoms with van der Waals surface area (Å²) in [7, 11) is 0. The molecule has 0 saturated heterocycles. The second-order valence-electron chi connectivity index (χ2n) is 15.7. The van der Waals surface area contributed by atoms with Crippen molar-refractivity contribution in [1.82, 2.24) is 0 Å². The summed E-state index contributed by atoms with van der Waals surface area (Å²) < 4.78 is 0. The summed E-state index contributed by atoms with van der Waals surface area (Å²) >= 11 is 0. The van der Waals surface area contributed by atoms with Crippen LogP contribution in [0.1, 0.15) is 61.2 Å². The zero-order valence-electron chi connectivity index (χ0n) is 36.9. The molecule has 7 aromatic rings. The lowest BCUT2D eigenvalue weighted by Crippen LogP contribution is -2.09. The molecule has 2 N–H and O–H groups in total. The van der Waals surface area contributed by atoms with E-state index in [1.165, 1.54) is 23.3 Å². The molecule has 0 atom stereocenters. The van der Waals surface area contributed by atoms with Gasteiger partial charge in [0.05, 0.1) is 13.1 Å². The molecule has 7 nitrogen and oxygen atoms in total. The lowest BCUT2D eigenvalue weighted by Gasteiger charge is -2.26. The van der Waals surface area contributed by atoms with Crippen LogP contribution in [0.3, 0.4) is 0 Å². The molecule has 67 heavy (non-hydrogen) atoms. The van der Waals surface area contributed by atoms with Crippen molar-refractivity contribution >= 4 is 77.1 Å². The van der Waals surface area contributed by atoms with Gasteiger partial charge < -0.3 is 15.1 Å². The number of carbonyl (C=O) groups is 2. The number of carboxylic acid groups (broad SMARTS) is 2. The van der Waals surface area contributed by atoms with Gasteiger partial charge in [0.2, 0.25) is 0 Å². The maximum atomic E-state index is 11.3. The second kappa shape index (κ2) is 21.9. The summed E-state index contributed by atoms with van der Waals surface area (Å²) in [6.07, 6.45) is 17.1. The van der Waals surface area contributed by atoms with Crippen LogP contribution >= 0.6 is 0 Å². The van der Waals surface area contributed by atoms with Crippen LogP contribution in [0.2, 0.25) is 0 Å². The highest BCUT2D eigenvalue weighted by Gasteiger charge is 2.13. The molecule has 0 aliphatic rings. The quantitative estimate of drug-likeness (QED) is 0.0464. The summed E-state index contributed by atoms with van der Waals surface area (Å²) in [5.74, 6) is -2.50. The predicted octanol–water partition coefficient (Wildman–Crippen LogP) is 14.9. The van der Waals surface area contributed by atoms with Crippen LogP contribution in [0.5, 0.6) is 0 Å². The minimum Gasteiger partial charge on any atom is -0.486 e. The fourth-order valence-electron chi connectivity index (χ4n) is 7.12. The van der Waals surface area contributed by atoms with Gasteiger partial charge in [-0.2, -0.15) is 0 Å². The van der Waals surface area contributed by atoms with Gasteiger partial charge in [-0.15, -0.1) is 0 Å². The average Bonchev–Trinajstić information content (AvgIpc) is 3.35. The number of aryl methyl sites for hydroxylation is 2. The third kappa shape index (κ3) is 12.5. The number of nitrogens with zero attached hydrogens (tertiary/aromatic N) is 3. The molecule has 0 spiro atoms. The van der Waals surface area contributed by atoms with Crippen molar-refractivity contribution in [2.45, 2.75) is 13.8 Å². The molecule has 0 amide bonds. The Morgan fingerprint density at radius 2 is 0.701 bits per heavy atom. The third-order valence-electron chi connectivity index (χ3n) is 10.8. The van der Waals surface area contributed by atoms with Crippen LogP contribution in [0.15, 0.2) is 193 Å². The normalized spacial score (nSPS) is 11.6. The topological polar surface area (TPSA) is 86.6 Å². The monoisotopic (exact) mass is 871 g/mol. The highest BCUT2D eigenvalue weighted by atomic mass is 16.4. The Kier molecular flexibility index (Phi) is 14.9. The standard InChI is InChI=1S/C60H45N3O4/c1-42-8-30-51(31-9-42)56(52-32-10-43(2)11-33-52)7-5-6-44-24-34-53(35-25-44)63(54-36-26-47(27-37-54)14-12-45-16-20-49(21-17-45)40-57(61-3)59(64)65)55-38-28-48(29-39-55)15-13-46-18-22-50(23-19-46)41-58(62-4)60(66)67/h5-41H,1-2H3,(H,64,65)(H,66,67)/b6-5+,14-12+,15-13+,57-40-,58-41-. The Hall–Kier alpha value is -9.30. The van der Waals surface area contributed by atoms with E-state index in [1.54, 1.807) is 24.3 Å². The largest absolute Gasteiger partial charge is 0.486 e. The second-order valence-corrected chi connectivity index (χ2v) is 15.7. The third-order valence-corrected chi connectivity index (χ3v) is 10.8. The first kappa shape index (κ1) is 45.7. The van der Waals surface area contributed by atoms with Crippen molar-refractivity contribution in [3.8, 4) is 0 Å². The number of aliphatic carboxylic acids is 2. The molecule has 0 unspecified atom stereocenters. The lowest BCUT2D eigenvalue weighted by atomic mass is 9.96. The maximum Gasteiger partial charge on any atom is 0.333 e. The van der Waals surface area contributed by atoms with E-state index in [0.717, 1.165) is 61.6 Å². The van der Waals surface area contributed by atoms with E-state index in [9.17, 15) is 19.8 Å². The SMILES string of the molecule is [C-]#[N+]/C(=C\c1ccc(/C=C/c2ccc(N(c3ccc(/C=C/C=C(c4ccc(C)cc4)c4ccc(C)cc4)cc3)c3ccc(/C=C/c4ccc(/C=C(\[N+]#[C-])C(=O)O)cc4)cc3)cc2)cc1)C(=O)O. The van der Waals surface area contributed by atoms with Gasteiger partial charge in [-0.3, -0.25) is 9.59 Å². The van der Waals surface area contributed by atoms with E-state index in [0.29, 0.717) is 11.1 Å². The first-order valence-corrected chi connectivity index (χ1v) is 21.4. The van der Waals surface area contributed by atoms with Crippen molar-refractivity contribution in [2.75, 3.05) is 4.90 Å². The predicted molar refractivity (Wildman–Crippen MR) is 275 cm³/mol. The number of allylic oxidation sites excluding steroid dienone is 2. The van der Waals surface area contributed by atoms with Crippen molar-refractivity contribution in [3.63, 3.8) is 0 Å².